The van der Waals surface area contributed by atoms with Crippen molar-refractivity contribution < 1.29 is 8.42 Å². The molecule has 2 aromatic carbocycles. The molecule has 0 unspecified atom stereocenters. The van der Waals surface area contributed by atoms with Gasteiger partial charge >= 0.3 is 0 Å². The van der Waals surface area contributed by atoms with Crippen molar-refractivity contribution in [3.63, 3.8) is 0 Å². The van der Waals surface area contributed by atoms with Crippen molar-refractivity contribution in [2.24, 2.45) is 0 Å². The van der Waals surface area contributed by atoms with Gasteiger partial charge in [-0.15, -0.1) is 0 Å². The molecule has 1 aliphatic rings. The predicted molar refractivity (Wildman–Crippen MR) is 124 cm³/mol. The molecule has 3 heterocycles. The summed E-state index contributed by atoms with van der Waals surface area (Å²) in [5, 5.41) is 6.71. The van der Waals surface area contributed by atoms with Crippen LogP contribution >= 0.6 is 0 Å². The molecule has 1 fully saturated rings. The lowest BCUT2D eigenvalue weighted by atomic mass is 10.1. The zero-order chi connectivity index (χ0) is 21.4. The molecule has 0 bridgehead atoms. The fraction of sp³-hybridized carbons (Fsp3) is 0.174. The van der Waals surface area contributed by atoms with Crippen LogP contribution in [-0.2, 0) is 9.84 Å². The molecule has 0 atom stereocenters. The highest BCUT2D eigenvalue weighted by molar-refractivity contribution is 7.90. The third-order valence-corrected chi connectivity index (χ3v) is 6.56. The lowest BCUT2D eigenvalue weighted by Crippen LogP contribution is -2.20. The van der Waals surface area contributed by atoms with Gasteiger partial charge in [0.15, 0.2) is 9.84 Å². The molecule has 0 spiro atoms. The van der Waals surface area contributed by atoms with Crippen LogP contribution in [-0.4, -0.2) is 43.8 Å². The smallest absolute Gasteiger partial charge is 0.175 e. The Balaban J connectivity index is 1.42. The van der Waals surface area contributed by atoms with Gasteiger partial charge in [0, 0.05) is 30.7 Å². The highest BCUT2D eigenvalue weighted by Gasteiger charge is 2.12. The molecule has 0 saturated carbocycles. The first-order valence-electron chi connectivity index (χ1n) is 10.1. The van der Waals surface area contributed by atoms with Crippen LogP contribution in [0, 0.1) is 0 Å². The highest BCUT2D eigenvalue weighted by Crippen LogP contribution is 2.26. The molecular formula is C23H23N5O2S. The molecule has 5 rings (SSSR count). The van der Waals surface area contributed by atoms with Crippen molar-refractivity contribution in [3.8, 4) is 11.3 Å². The number of hydrogen-bond donors (Lipinski definition) is 2. The van der Waals surface area contributed by atoms with Crippen LogP contribution in [0.5, 0.6) is 0 Å². The fourth-order valence-corrected chi connectivity index (χ4v) is 4.44. The zero-order valence-electron chi connectivity index (χ0n) is 17.1. The van der Waals surface area contributed by atoms with Crippen molar-refractivity contribution in [2.75, 3.05) is 36.2 Å². The fourth-order valence-electron chi connectivity index (χ4n) is 3.81. The van der Waals surface area contributed by atoms with E-state index >= 15 is 0 Å². The summed E-state index contributed by atoms with van der Waals surface area (Å²) in [5.74, 6) is 0.746. The van der Waals surface area contributed by atoms with E-state index in [1.807, 2.05) is 40.9 Å². The summed E-state index contributed by atoms with van der Waals surface area (Å²) < 4.78 is 25.5. The first kappa shape index (κ1) is 19.6. The maximum Gasteiger partial charge on any atom is 0.175 e. The molecule has 0 radical (unpaired) electrons. The van der Waals surface area contributed by atoms with Crippen molar-refractivity contribution in [2.45, 2.75) is 4.90 Å². The van der Waals surface area contributed by atoms with E-state index < -0.39 is 9.84 Å². The normalized spacial score (nSPS) is 14.3. The maximum absolute atomic E-state index is 11.7. The zero-order valence-corrected chi connectivity index (χ0v) is 17.9. The third-order valence-electron chi connectivity index (χ3n) is 5.44. The number of rotatable bonds is 5. The molecule has 1 saturated heterocycles. The average molecular weight is 434 g/mol. The molecule has 7 nitrogen and oxygen atoms in total. The summed E-state index contributed by atoms with van der Waals surface area (Å²) >= 11 is 0. The molecular weight excluding hydrogens is 410 g/mol. The largest absolute Gasteiger partial charge is 0.357 e. The second-order valence-corrected chi connectivity index (χ2v) is 9.67. The van der Waals surface area contributed by atoms with Gasteiger partial charge in [-0.05, 0) is 54.1 Å². The Labute approximate surface area is 181 Å². The van der Waals surface area contributed by atoms with Gasteiger partial charge in [0.1, 0.15) is 11.5 Å². The third kappa shape index (κ3) is 3.99. The van der Waals surface area contributed by atoms with E-state index in [9.17, 15) is 8.42 Å². The quantitative estimate of drug-likeness (QED) is 0.501. The van der Waals surface area contributed by atoms with Crippen molar-refractivity contribution in [3.05, 3.63) is 72.9 Å². The molecule has 0 aliphatic carbocycles. The van der Waals surface area contributed by atoms with Crippen LogP contribution in [0.4, 0.5) is 17.2 Å². The second kappa shape index (κ2) is 7.72. The van der Waals surface area contributed by atoms with Crippen LogP contribution in [0.15, 0.2) is 77.8 Å². The molecule has 8 heteroatoms. The lowest BCUT2D eigenvalue weighted by Gasteiger charge is -2.16. The topological polar surface area (TPSA) is 78.7 Å². The van der Waals surface area contributed by atoms with Crippen LogP contribution in [0.1, 0.15) is 0 Å². The molecule has 0 amide bonds. The number of pyridine rings is 1. The maximum atomic E-state index is 11.7. The summed E-state index contributed by atoms with van der Waals surface area (Å²) in [7, 11) is -3.22. The summed E-state index contributed by atoms with van der Waals surface area (Å²) in [4.78, 5) is 7.30. The summed E-state index contributed by atoms with van der Waals surface area (Å²) in [6, 6.07) is 21.1. The Morgan fingerprint density at radius 2 is 1.77 bits per heavy atom. The minimum Gasteiger partial charge on any atom is -0.357 e. The summed E-state index contributed by atoms with van der Waals surface area (Å²) in [6.45, 7) is 2.92. The van der Waals surface area contributed by atoms with Gasteiger partial charge in [0.25, 0.3) is 0 Å². The Hall–Kier alpha value is -3.36. The molecule has 2 N–H and O–H groups in total. The van der Waals surface area contributed by atoms with Gasteiger partial charge in [-0.25, -0.2) is 13.4 Å². The lowest BCUT2D eigenvalue weighted by molar-refractivity contribution is 0.602. The number of sulfone groups is 1. The van der Waals surface area contributed by atoms with E-state index in [0.29, 0.717) is 4.90 Å². The number of nitrogens with one attached hydrogen (secondary N) is 2. The van der Waals surface area contributed by atoms with E-state index in [-0.39, 0.29) is 0 Å². The number of fused-ring (bicyclic) bond motifs is 1. The Kier molecular flexibility index (Phi) is 4.88. The van der Waals surface area contributed by atoms with Gasteiger partial charge in [-0.2, -0.15) is 0 Å². The van der Waals surface area contributed by atoms with E-state index in [1.165, 1.54) is 11.9 Å². The number of nitrogens with zero attached hydrogens (tertiary/aromatic N) is 3. The van der Waals surface area contributed by atoms with E-state index in [2.05, 4.69) is 44.8 Å². The van der Waals surface area contributed by atoms with Crippen molar-refractivity contribution in [1.29, 1.82) is 0 Å². The Morgan fingerprint density at radius 3 is 2.45 bits per heavy atom. The Morgan fingerprint density at radius 1 is 1.00 bits per heavy atom. The number of aromatic nitrogens is 2. The van der Waals surface area contributed by atoms with Crippen LogP contribution in [0.2, 0.25) is 0 Å². The van der Waals surface area contributed by atoms with E-state index in [4.69, 9.17) is 0 Å². The number of benzene rings is 2. The number of anilines is 3. The number of hydrogen-bond acceptors (Lipinski definition) is 6. The van der Waals surface area contributed by atoms with Gasteiger partial charge in [-0.3, -0.25) is 9.72 Å². The first-order chi connectivity index (χ1) is 15.0. The molecule has 2 aromatic heterocycles. The summed E-state index contributed by atoms with van der Waals surface area (Å²) in [6.07, 6.45) is 3.17. The first-order valence-corrected chi connectivity index (χ1v) is 12.0. The molecule has 158 valence electrons. The summed E-state index contributed by atoms with van der Waals surface area (Å²) in [5.41, 5.74) is 4.84. The van der Waals surface area contributed by atoms with Crippen molar-refractivity contribution in [1.82, 2.24) is 14.7 Å². The minimum atomic E-state index is -3.22. The SMILES string of the molecule is CS(=O)(=O)c1ccc(-c2cccc3nc(Nc4ccc(N5CCNC5)cc4)cn23)cc1. The van der Waals surface area contributed by atoms with Crippen LogP contribution in [0.3, 0.4) is 0 Å². The number of imidazole rings is 1. The van der Waals surface area contributed by atoms with E-state index in [0.717, 1.165) is 48.2 Å². The minimum absolute atomic E-state index is 0.310. The monoisotopic (exact) mass is 433 g/mol. The van der Waals surface area contributed by atoms with Gasteiger partial charge in [0.2, 0.25) is 0 Å². The molecule has 31 heavy (non-hydrogen) atoms. The van der Waals surface area contributed by atoms with Gasteiger partial charge < -0.3 is 10.2 Å². The van der Waals surface area contributed by atoms with Crippen LogP contribution in [0.25, 0.3) is 16.9 Å². The predicted octanol–water partition coefficient (Wildman–Crippen LogP) is 3.52. The molecule has 4 aromatic rings. The second-order valence-electron chi connectivity index (χ2n) is 7.66. The van der Waals surface area contributed by atoms with Gasteiger partial charge in [0.05, 0.1) is 23.5 Å². The van der Waals surface area contributed by atoms with E-state index in [1.54, 1.807) is 12.1 Å². The highest BCUT2D eigenvalue weighted by atomic mass is 32.2. The standard InChI is InChI=1S/C23H23N5O2S/c1-31(29,30)20-11-5-17(6-12-20)21-3-2-4-23-26-22(15-28(21)23)25-18-7-9-19(10-8-18)27-14-13-24-16-27/h2-12,15,24-25H,13-14,16H2,1H3. The Bertz CT molecular complexity index is 1320. The molecule has 1 aliphatic heterocycles. The average Bonchev–Trinajstić information content (AvgIpc) is 3.43. The van der Waals surface area contributed by atoms with Crippen LogP contribution < -0.4 is 15.5 Å². The van der Waals surface area contributed by atoms with Gasteiger partial charge in [-0.1, -0.05) is 18.2 Å². The van der Waals surface area contributed by atoms with Crippen molar-refractivity contribution >= 4 is 32.7 Å².